The van der Waals surface area contributed by atoms with Crippen LogP contribution in [-0.4, -0.2) is 16.8 Å². The summed E-state index contributed by atoms with van der Waals surface area (Å²) in [6.45, 7) is 3.85. The molecular formula is C19H17N3O3. The molecule has 2 N–H and O–H groups in total. The van der Waals surface area contributed by atoms with Crippen molar-refractivity contribution < 1.29 is 14.0 Å². The fourth-order valence-corrected chi connectivity index (χ4v) is 2.25. The highest BCUT2D eigenvalue weighted by molar-refractivity contribution is 6.05. The molecule has 2 aromatic carbocycles. The van der Waals surface area contributed by atoms with Crippen molar-refractivity contribution in [2.75, 3.05) is 10.6 Å². The molecule has 2 amide bonds. The van der Waals surface area contributed by atoms with Crippen LogP contribution in [0.2, 0.25) is 0 Å². The Balaban J connectivity index is 1.69. The lowest BCUT2D eigenvalue weighted by Gasteiger charge is -2.07. The first-order chi connectivity index (χ1) is 12.0. The Kier molecular flexibility index (Phi) is 4.61. The van der Waals surface area contributed by atoms with Gasteiger partial charge in [-0.1, -0.05) is 30.3 Å². The summed E-state index contributed by atoms with van der Waals surface area (Å²) in [5, 5.41) is 5.31. The molecule has 0 saturated carbocycles. The monoisotopic (exact) mass is 335 g/mol. The molecule has 0 radical (unpaired) electrons. The van der Waals surface area contributed by atoms with E-state index in [0.29, 0.717) is 11.3 Å². The lowest BCUT2D eigenvalue weighted by atomic mass is 10.1. The number of benzene rings is 2. The number of aryl methyl sites for hydroxylation is 2. The molecular weight excluding hydrogens is 318 g/mol. The van der Waals surface area contributed by atoms with Crippen molar-refractivity contribution in [3.8, 4) is 0 Å². The number of rotatable bonds is 4. The predicted molar refractivity (Wildman–Crippen MR) is 94.8 cm³/mol. The predicted octanol–water partition coefficient (Wildman–Crippen LogP) is 3.80. The maximum absolute atomic E-state index is 12.3. The second-order valence-electron chi connectivity index (χ2n) is 5.63. The Morgan fingerprint density at radius 2 is 1.72 bits per heavy atom. The maximum atomic E-state index is 12.3. The SMILES string of the molecule is Cc1ccc(C)c(NC(=O)c2coc(NC(=O)c3ccccc3)n2)c1. The fourth-order valence-electron chi connectivity index (χ4n) is 2.25. The van der Waals surface area contributed by atoms with E-state index in [-0.39, 0.29) is 17.6 Å². The van der Waals surface area contributed by atoms with Crippen molar-refractivity contribution in [2.45, 2.75) is 13.8 Å². The Hall–Kier alpha value is -3.41. The van der Waals surface area contributed by atoms with Gasteiger partial charge in [0.15, 0.2) is 5.69 Å². The number of nitrogens with one attached hydrogen (secondary N) is 2. The molecule has 6 heteroatoms. The Morgan fingerprint density at radius 1 is 0.960 bits per heavy atom. The minimum atomic E-state index is -0.405. The van der Waals surface area contributed by atoms with Crippen LogP contribution in [0.5, 0.6) is 0 Å². The standard InChI is InChI=1S/C19H17N3O3/c1-12-8-9-13(2)15(10-12)20-18(24)16-11-25-19(21-16)22-17(23)14-6-4-3-5-7-14/h3-11H,1-2H3,(H,20,24)(H,21,22,23). The first-order valence-corrected chi connectivity index (χ1v) is 7.73. The molecule has 126 valence electrons. The van der Waals surface area contributed by atoms with Gasteiger partial charge in [-0.15, -0.1) is 0 Å². The Labute approximate surface area is 144 Å². The minimum Gasteiger partial charge on any atom is -0.431 e. The summed E-state index contributed by atoms with van der Waals surface area (Å²) >= 11 is 0. The van der Waals surface area contributed by atoms with Crippen LogP contribution in [0.3, 0.4) is 0 Å². The average molecular weight is 335 g/mol. The molecule has 0 aliphatic carbocycles. The third kappa shape index (κ3) is 3.92. The lowest BCUT2D eigenvalue weighted by molar-refractivity contribution is 0.101. The zero-order chi connectivity index (χ0) is 17.8. The molecule has 0 atom stereocenters. The molecule has 0 spiro atoms. The number of anilines is 2. The first-order valence-electron chi connectivity index (χ1n) is 7.73. The minimum absolute atomic E-state index is 0.0278. The van der Waals surface area contributed by atoms with Gasteiger partial charge in [-0.25, -0.2) is 0 Å². The number of aromatic nitrogens is 1. The van der Waals surface area contributed by atoms with Gasteiger partial charge in [-0.2, -0.15) is 4.98 Å². The molecule has 25 heavy (non-hydrogen) atoms. The summed E-state index contributed by atoms with van der Waals surface area (Å²) in [6.07, 6.45) is 1.21. The van der Waals surface area contributed by atoms with Crippen LogP contribution in [-0.2, 0) is 0 Å². The Morgan fingerprint density at radius 3 is 2.48 bits per heavy atom. The van der Waals surface area contributed by atoms with Gasteiger partial charge < -0.3 is 9.73 Å². The van der Waals surface area contributed by atoms with E-state index < -0.39 is 5.91 Å². The molecule has 6 nitrogen and oxygen atoms in total. The van der Waals surface area contributed by atoms with Gasteiger partial charge in [0.25, 0.3) is 11.8 Å². The van der Waals surface area contributed by atoms with Gasteiger partial charge in [0.2, 0.25) is 0 Å². The highest BCUT2D eigenvalue weighted by Crippen LogP contribution is 2.18. The van der Waals surface area contributed by atoms with Crippen LogP contribution in [0, 0.1) is 13.8 Å². The molecule has 3 rings (SSSR count). The van der Waals surface area contributed by atoms with E-state index in [1.165, 1.54) is 6.26 Å². The molecule has 0 saturated heterocycles. The van der Waals surface area contributed by atoms with Crippen molar-refractivity contribution in [1.29, 1.82) is 0 Å². The van der Waals surface area contributed by atoms with Gasteiger partial charge in [-0.05, 0) is 43.2 Å². The average Bonchev–Trinajstić information content (AvgIpc) is 3.07. The molecule has 0 unspecified atom stereocenters. The fraction of sp³-hybridized carbons (Fsp3) is 0.105. The molecule has 0 fully saturated rings. The summed E-state index contributed by atoms with van der Waals surface area (Å²) in [5.74, 6) is -0.762. The molecule has 1 heterocycles. The number of nitrogens with zero attached hydrogens (tertiary/aromatic N) is 1. The zero-order valence-electron chi connectivity index (χ0n) is 13.9. The number of amides is 2. The summed E-state index contributed by atoms with van der Waals surface area (Å²) < 4.78 is 5.17. The van der Waals surface area contributed by atoms with Crippen molar-refractivity contribution in [2.24, 2.45) is 0 Å². The van der Waals surface area contributed by atoms with Crippen LogP contribution in [0.25, 0.3) is 0 Å². The third-order valence-electron chi connectivity index (χ3n) is 3.63. The molecule has 0 bridgehead atoms. The quantitative estimate of drug-likeness (QED) is 0.759. The first kappa shape index (κ1) is 16.4. The van der Waals surface area contributed by atoms with Crippen molar-refractivity contribution >= 4 is 23.5 Å². The second-order valence-corrected chi connectivity index (χ2v) is 5.63. The van der Waals surface area contributed by atoms with Crippen LogP contribution < -0.4 is 10.6 Å². The van der Waals surface area contributed by atoms with Crippen LogP contribution in [0.4, 0.5) is 11.7 Å². The summed E-state index contributed by atoms with van der Waals surface area (Å²) in [7, 11) is 0. The van der Waals surface area contributed by atoms with Crippen molar-refractivity contribution in [1.82, 2.24) is 4.98 Å². The summed E-state index contributed by atoms with van der Waals surface area (Å²) in [4.78, 5) is 28.4. The highest BCUT2D eigenvalue weighted by Gasteiger charge is 2.15. The van der Waals surface area contributed by atoms with E-state index in [9.17, 15) is 9.59 Å². The normalized spacial score (nSPS) is 10.3. The van der Waals surface area contributed by atoms with E-state index >= 15 is 0 Å². The van der Waals surface area contributed by atoms with E-state index in [0.717, 1.165) is 11.1 Å². The van der Waals surface area contributed by atoms with Gasteiger partial charge in [-0.3, -0.25) is 14.9 Å². The van der Waals surface area contributed by atoms with Crippen LogP contribution in [0.1, 0.15) is 32.0 Å². The van der Waals surface area contributed by atoms with Gasteiger partial charge >= 0.3 is 6.01 Å². The van der Waals surface area contributed by atoms with E-state index in [2.05, 4.69) is 15.6 Å². The van der Waals surface area contributed by atoms with E-state index in [1.807, 2.05) is 38.1 Å². The van der Waals surface area contributed by atoms with Crippen LogP contribution in [0.15, 0.2) is 59.2 Å². The topological polar surface area (TPSA) is 84.2 Å². The van der Waals surface area contributed by atoms with E-state index in [1.54, 1.807) is 24.3 Å². The number of hydrogen-bond acceptors (Lipinski definition) is 4. The van der Waals surface area contributed by atoms with Gasteiger partial charge in [0.1, 0.15) is 6.26 Å². The van der Waals surface area contributed by atoms with Crippen LogP contribution >= 0.6 is 0 Å². The van der Waals surface area contributed by atoms with Crippen molar-refractivity contribution in [3.05, 3.63) is 77.2 Å². The smallest absolute Gasteiger partial charge is 0.302 e. The summed E-state index contributed by atoms with van der Waals surface area (Å²) in [5.41, 5.74) is 3.26. The highest BCUT2D eigenvalue weighted by atomic mass is 16.4. The number of oxazole rings is 1. The lowest BCUT2D eigenvalue weighted by Crippen LogP contribution is -2.15. The van der Waals surface area contributed by atoms with Gasteiger partial charge in [0.05, 0.1) is 0 Å². The third-order valence-corrected chi connectivity index (χ3v) is 3.63. The number of hydrogen-bond donors (Lipinski definition) is 2. The summed E-state index contributed by atoms with van der Waals surface area (Å²) in [6, 6.07) is 14.4. The second kappa shape index (κ2) is 7.00. The van der Waals surface area contributed by atoms with E-state index in [4.69, 9.17) is 4.42 Å². The zero-order valence-corrected chi connectivity index (χ0v) is 13.9. The number of carbonyl (C=O) groups is 2. The molecule has 0 aliphatic rings. The molecule has 3 aromatic rings. The van der Waals surface area contributed by atoms with Gasteiger partial charge in [0, 0.05) is 11.3 Å². The molecule has 0 aliphatic heterocycles. The molecule has 1 aromatic heterocycles. The maximum Gasteiger partial charge on any atom is 0.302 e. The van der Waals surface area contributed by atoms with Crippen molar-refractivity contribution in [3.63, 3.8) is 0 Å². The largest absolute Gasteiger partial charge is 0.431 e. The number of carbonyl (C=O) groups excluding carboxylic acids is 2. The Bertz CT molecular complexity index is 917.